The Labute approximate surface area is 114 Å². The van der Waals surface area contributed by atoms with Crippen molar-refractivity contribution in [2.24, 2.45) is 0 Å². The SMILES string of the molecule is CC(=O)NCCC=Cc1ccc2[nH]c(=O)[nH]c(=O)c2c1. The lowest BCUT2D eigenvalue weighted by atomic mass is 10.1. The predicted molar refractivity (Wildman–Crippen MR) is 77.5 cm³/mol. The molecule has 0 radical (unpaired) electrons. The molecular formula is C14H15N3O3. The van der Waals surface area contributed by atoms with Gasteiger partial charge in [-0.25, -0.2) is 4.79 Å². The van der Waals surface area contributed by atoms with Crippen LogP contribution in [-0.2, 0) is 4.79 Å². The van der Waals surface area contributed by atoms with E-state index in [1.165, 1.54) is 6.92 Å². The fraction of sp³-hybridized carbons (Fsp3) is 0.214. The smallest absolute Gasteiger partial charge is 0.326 e. The number of fused-ring (bicyclic) bond motifs is 1. The van der Waals surface area contributed by atoms with E-state index in [-0.39, 0.29) is 5.91 Å². The summed E-state index contributed by atoms with van der Waals surface area (Å²) in [6.45, 7) is 2.05. The Kier molecular flexibility index (Phi) is 4.14. The number of benzene rings is 1. The van der Waals surface area contributed by atoms with Crippen molar-refractivity contribution >= 4 is 22.9 Å². The molecule has 1 aromatic heterocycles. The van der Waals surface area contributed by atoms with Crippen LogP contribution in [0.3, 0.4) is 0 Å². The maximum Gasteiger partial charge on any atom is 0.326 e. The number of aromatic nitrogens is 2. The summed E-state index contributed by atoms with van der Waals surface area (Å²) in [5.74, 6) is -0.0559. The molecule has 1 amide bonds. The lowest BCUT2D eigenvalue weighted by Gasteiger charge is -1.99. The first-order valence-electron chi connectivity index (χ1n) is 6.23. The van der Waals surface area contributed by atoms with Crippen molar-refractivity contribution in [3.05, 3.63) is 50.7 Å². The average Bonchev–Trinajstić information content (AvgIpc) is 2.38. The van der Waals surface area contributed by atoms with Crippen LogP contribution < -0.4 is 16.6 Å². The zero-order chi connectivity index (χ0) is 14.5. The van der Waals surface area contributed by atoms with Crippen LogP contribution in [0.2, 0.25) is 0 Å². The molecule has 0 fully saturated rings. The third-order valence-electron chi connectivity index (χ3n) is 2.76. The van der Waals surface area contributed by atoms with Crippen molar-refractivity contribution in [1.82, 2.24) is 15.3 Å². The largest absolute Gasteiger partial charge is 0.356 e. The van der Waals surface area contributed by atoms with E-state index < -0.39 is 11.2 Å². The highest BCUT2D eigenvalue weighted by Gasteiger charge is 2.00. The first kappa shape index (κ1) is 13.8. The van der Waals surface area contributed by atoms with Gasteiger partial charge in [0.2, 0.25) is 5.91 Å². The predicted octanol–water partition coefficient (Wildman–Crippen LogP) is 0.756. The maximum absolute atomic E-state index is 11.7. The van der Waals surface area contributed by atoms with E-state index in [2.05, 4.69) is 15.3 Å². The summed E-state index contributed by atoms with van der Waals surface area (Å²) in [5, 5.41) is 3.13. The number of nitrogens with one attached hydrogen (secondary N) is 3. The Morgan fingerprint density at radius 3 is 2.85 bits per heavy atom. The zero-order valence-corrected chi connectivity index (χ0v) is 11.0. The second kappa shape index (κ2) is 6.01. The molecule has 0 saturated carbocycles. The number of carbonyl (C=O) groups excluding carboxylic acids is 1. The van der Waals surface area contributed by atoms with E-state index >= 15 is 0 Å². The van der Waals surface area contributed by atoms with Gasteiger partial charge in [-0.05, 0) is 24.1 Å². The first-order valence-corrected chi connectivity index (χ1v) is 6.23. The summed E-state index contributed by atoms with van der Waals surface area (Å²) in [5.41, 5.74) is 0.449. The van der Waals surface area contributed by atoms with Gasteiger partial charge >= 0.3 is 5.69 Å². The monoisotopic (exact) mass is 273 g/mol. The van der Waals surface area contributed by atoms with E-state index in [4.69, 9.17) is 0 Å². The molecule has 0 atom stereocenters. The maximum atomic E-state index is 11.7. The quantitative estimate of drug-likeness (QED) is 0.717. The average molecular weight is 273 g/mol. The number of hydrogen-bond donors (Lipinski definition) is 3. The van der Waals surface area contributed by atoms with Crippen LogP contribution in [0, 0.1) is 0 Å². The molecule has 6 nitrogen and oxygen atoms in total. The molecule has 0 unspecified atom stereocenters. The number of carbonyl (C=O) groups is 1. The van der Waals surface area contributed by atoms with E-state index in [1.54, 1.807) is 12.1 Å². The molecule has 0 aliphatic rings. The van der Waals surface area contributed by atoms with Gasteiger partial charge in [0.15, 0.2) is 0 Å². The van der Waals surface area contributed by atoms with Crippen LogP contribution in [0.4, 0.5) is 0 Å². The van der Waals surface area contributed by atoms with E-state index in [0.29, 0.717) is 23.9 Å². The number of amides is 1. The molecule has 0 spiro atoms. The van der Waals surface area contributed by atoms with Crippen molar-refractivity contribution in [1.29, 1.82) is 0 Å². The third kappa shape index (κ3) is 3.44. The molecule has 0 aliphatic heterocycles. The molecule has 2 aromatic rings. The normalized spacial score (nSPS) is 11.1. The topological polar surface area (TPSA) is 94.8 Å². The molecule has 1 heterocycles. The number of rotatable bonds is 4. The van der Waals surface area contributed by atoms with Crippen molar-refractivity contribution < 1.29 is 4.79 Å². The minimum absolute atomic E-state index is 0.0559. The third-order valence-corrected chi connectivity index (χ3v) is 2.76. The van der Waals surface area contributed by atoms with Gasteiger partial charge in [-0.15, -0.1) is 0 Å². The fourth-order valence-electron chi connectivity index (χ4n) is 1.84. The Hall–Kier alpha value is -2.63. The Morgan fingerprint density at radius 1 is 1.30 bits per heavy atom. The molecule has 6 heteroatoms. The molecule has 0 aliphatic carbocycles. The molecule has 0 saturated heterocycles. The van der Waals surface area contributed by atoms with E-state index in [9.17, 15) is 14.4 Å². The first-order chi connectivity index (χ1) is 9.56. The second-order valence-electron chi connectivity index (χ2n) is 4.39. The summed E-state index contributed by atoms with van der Waals surface area (Å²) in [6, 6.07) is 5.21. The summed E-state index contributed by atoms with van der Waals surface area (Å²) in [4.78, 5) is 38.2. The summed E-state index contributed by atoms with van der Waals surface area (Å²) >= 11 is 0. The summed E-state index contributed by atoms with van der Waals surface area (Å²) < 4.78 is 0. The zero-order valence-electron chi connectivity index (χ0n) is 11.0. The van der Waals surface area contributed by atoms with E-state index in [0.717, 1.165) is 5.56 Å². The van der Waals surface area contributed by atoms with Crippen LogP contribution in [0.25, 0.3) is 17.0 Å². The fourth-order valence-corrected chi connectivity index (χ4v) is 1.84. The molecule has 2 rings (SSSR count). The van der Waals surface area contributed by atoms with Crippen LogP contribution in [0.5, 0.6) is 0 Å². The summed E-state index contributed by atoms with van der Waals surface area (Å²) in [6.07, 6.45) is 4.49. The van der Waals surface area contributed by atoms with Gasteiger partial charge in [-0.3, -0.25) is 14.6 Å². The molecule has 0 bridgehead atoms. The second-order valence-corrected chi connectivity index (χ2v) is 4.39. The standard InChI is InChI=1S/C14H15N3O3/c1-9(18)15-7-3-2-4-10-5-6-12-11(8-10)13(19)17-14(20)16-12/h2,4-6,8H,3,7H2,1H3,(H,15,18)(H2,16,17,19,20). The van der Waals surface area contributed by atoms with Gasteiger partial charge in [-0.2, -0.15) is 0 Å². The van der Waals surface area contributed by atoms with Crippen LogP contribution in [0.1, 0.15) is 18.9 Å². The van der Waals surface area contributed by atoms with Crippen molar-refractivity contribution in [3.63, 3.8) is 0 Å². The molecular weight excluding hydrogens is 258 g/mol. The lowest BCUT2D eigenvalue weighted by Crippen LogP contribution is -2.21. The van der Waals surface area contributed by atoms with Crippen LogP contribution >= 0.6 is 0 Å². The minimum atomic E-state index is -0.513. The molecule has 1 aromatic carbocycles. The molecule has 20 heavy (non-hydrogen) atoms. The highest BCUT2D eigenvalue weighted by molar-refractivity contribution is 5.80. The van der Waals surface area contributed by atoms with Gasteiger partial charge in [0.05, 0.1) is 10.9 Å². The van der Waals surface area contributed by atoms with Gasteiger partial charge in [0, 0.05) is 13.5 Å². The van der Waals surface area contributed by atoms with Gasteiger partial charge in [0.25, 0.3) is 5.56 Å². The van der Waals surface area contributed by atoms with Gasteiger partial charge in [-0.1, -0.05) is 18.2 Å². The summed E-state index contributed by atoms with van der Waals surface area (Å²) in [7, 11) is 0. The number of aromatic amines is 2. The van der Waals surface area contributed by atoms with Crippen molar-refractivity contribution in [3.8, 4) is 0 Å². The van der Waals surface area contributed by atoms with Crippen molar-refractivity contribution in [2.45, 2.75) is 13.3 Å². The number of hydrogen-bond acceptors (Lipinski definition) is 3. The van der Waals surface area contributed by atoms with Crippen molar-refractivity contribution in [2.75, 3.05) is 6.54 Å². The van der Waals surface area contributed by atoms with Gasteiger partial charge in [0.1, 0.15) is 0 Å². The highest BCUT2D eigenvalue weighted by atomic mass is 16.2. The van der Waals surface area contributed by atoms with Gasteiger partial charge < -0.3 is 10.3 Å². The molecule has 3 N–H and O–H groups in total. The Morgan fingerprint density at radius 2 is 2.10 bits per heavy atom. The van der Waals surface area contributed by atoms with E-state index in [1.807, 2.05) is 18.2 Å². The number of H-pyrrole nitrogens is 2. The van der Waals surface area contributed by atoms with Crippen LogP contribution in [0.15, 0.2) is 33.9 Å². The Balaban J connectivity index is 2.16. The minimum Gasteiger partial charge on any atom is -0.356 e. The van der Waals surface area contributed by atoms with Crippen LogP contribution in [-0.4, -0.2) is 22.4 Å². The molecule has 104 valence electrons. The highest BCUT2D eigenvalue weighted by Crippen LogP contribution is 2.10. The lowest BCUT2D eigenvalue weighted by molar-refractivity contribution is -0.118. The Bertz CT molecular complexity index is 771.